The Hall–Kier alpha value is -1.69. The zero-order valence-electron chi connectivity index (χ0n) is 8.51. The van der Waals surface area contributed by atoms with Crippen molar-refractivity contribution in [3.63, 3.8) is 0 Å². The van der Waals surface area contributed by atoms with Crippen LogP contribution in [0.25, 0.3) is 0 Å². The second kappa shape index (κ2) is 4.44. The number of hydrogen-bond donors (Lipinski definition) is 1. The zero-order valence-corrected chi connectivity index (χ0v) is 10.1. The van der Waals surface area contributed by atoms with Gasteiger partial charge in [-0.05, 0) is 28.1 Å². The van der Waals surface area contributed by atoms with Crippen LogP contribution >= 0.6 is 15.9 Å². The van der Waals surface area contributed by atoms with Gasteiger partial charge in [-0.1, -0.05) is 6.07 Å². The first kappa shape index (κ1) is 10.8. The molecule has 0 radical (unpaired) electrons. The number of amides is 1. The maximum atomic E-state index is 11.8. The van der Waals surface area contributed by atoms with E-state index in [1.807, 2.05) is 0 Å². The van der Waals surface area contributed by atoms with Gasteiger partial charge < -0.3 is 5.32 Å². The molecule has 82 valence electrons. The summed E-state index contributed by atoms with van der Waals surface area (Å²) in [5, 5.41) is 6.69. The highest BCUT2D eigenvalue weighted by molar-refractivity contribution is 9.10. The third kappa shape index (κ3) is 2.27. The smallest absolute Gasteiger partial charge is 0.278 e. The topological polar surface area (TPSA) is 59.8 Å². The lowest BCUT2D eigenvalue weighted by molar-refractivity contribution is 0.102. The summed E-state index contributed by atoms with van der Waals surface area (Å²) < 4.78 is 2.22. The number of nitrogens with one attached hydrogen (secondary N) is 1. The summed E-state index contributed by atoms with van der Waals surface area (Å²) in [5.41, 5.74) is 0.341. The number of carbonyl (C=O) groups is 1. The summed E-state index contributed by atoms with van der Waals surface area (Å²) in [5.74, 6) is 0.219. The summed E-state index contributed by atoms with van der Waals surface area (Å²) in [4.78, 5) is 15.8. The molecule has 0 bridgehead atoms. The number of anilines is 1. The summed E-state index contributed by atoms with van der Waals surface area (Å²) in [6.45, 7) is 0. The highest BCUT2D eigenvalue weighted by atomic mass is 79.9. The van der Waals surface area contributed by atoms with Crippen LogP contribution in [0.4, 0.5) is 5.82 Å². The fraction of sp³-hybridized carbons (Fsp3) is 0.100. The van der Waals surface area contributed by atoms with E-state index >= 15 is 0 Å². The van der Waals surface area contributed by atoms with Crippen LogP contribution in [0.5, 0.6) is 0 Å². The third-order valence-corrected chi connectivity index (χ3v) is 2.49. The van der Waals surface area contributed by atoms with Gasteiger partial charge in [-0.2, -0.15) is 5.10 Å². The minimum atomic E-state index is -0.286. The number of carbonyl (C=O) groups excluding carboxylic acids is 1. The Bertz CT molecular complexity index is 509. The van der Waals surface area contributed by atoms with Gasteiger partial charge >= 0.3 is 0 Å². The molecule has 0 saturated carbocycles. The molecule has 0 aliphatic carbocycles. The summed E-state index contributed by atoms with van der Waals surface area (Å²) in [6.07, 6.45) is 3.33. The number of hydrogen-bond acceptors (Lipinski definition) is 3. The molecule has 0 spiro atoms. The highest BCUT2D eigenvalue weighted by Crippen LogP contribution is 2.15. The molecule has 0 fully saturated rings. The van der Waals surface area contributed by atoms with E-state index in [1.54, 1.807) is 42.3 Å². The Labute approximate surface area is 101 Å². The number of aromatic nitrogens is 3. The van der Waals surface area contributed by atoms with Crippen LogP contribution in [-0.4, -0.2) is 20.7 Å². The average Bonchev–Trinajstić information content (AvgIpc) is 2.59. The second-order valence-corrected chi connectivity index (χ2v) is 4.02. The van der Waals surface area contributed by atoms with Gasteiger partial charge in [-0.25, -0.2) is 4.98 Å². The van der Waals surface area contributed by atoms with E-state index in [0.717, 1.165) is 0 Å². The lowest BCUT2D eigenvalue weighted by Gasteiger charge is -2.01. The summed E-state index contributed by atoms with van der Waals surface area (Å²) in [6, 6.07) is 5.30. The molecule has 0 aliphatic heterocycles. The van der Waals surface area contributed by atoms with Crippen molar-refractivity contribution in [1.82, 2.24) is 14.8 Å². The predicted molar refractivity (Wildman–Crippen MR) is 63.1 cm³/mol. The molecule has 5 nitrogen and oxygen atoms in total. The van der Waals surface area contributed by atoms with Crippen LogP contribution in [0.1, 0.15) is 10.5 Å². The van der Waals surface area contributed by atoms with E-state index in [2.05, 4.69) is 31.3 Å². The normalized spacial score (nSPS) is 10.1. The molecule has 2 heterocycles. The molecule has 0 atom stereocenters. The van der Waals surface area contributed by atoms with Crippen LogP contribution in [0.2, 0.25) is 0 Å². The van der Waals surface area contributed by atoms with E-state index < -0.39 is 0 Å². The molecule has 2 aromatic rings. The van der Waals surface area contributed by atoms with Gasteiger partial charge in [0.25, 0.3) is 5.91 Å². The van der Waals surface area contributed by atoms with Crippen LogP contribution in [0, 0.1) is 0 Å². The molecule has 16 heavy (non-hydrogen) atoms. The van der Waals surface area contributed by atoms with Gasteiger partial charge in [0.1, 0.15) is 5.82 Å². The van der Waals surface area contributed by atoms with Crippen LogP contribution in [0.15, 0.2) is 35.1 Å². The first-order valence-corrected chi connectivity index (χ1v) is 5.37. The lowest BCUT2D eigenvalue weighted by Crippen LogP contribution is -2.14. The first-order valence-electron chi connectivity index (χ1n) is 4.58. The minimum absolute atomic E-state index is 0.286. The Morgan fingerprint density at radius 2 is 2.31 bits per heavy atom. The van der Waals surface area contributed by atoms with Crippen LogP contribution < -0.4 is 5.32 Å². The van der Waals surface area contributed by atoms with Gasteiger partial charge in [0.2, 0.25) is 0 Å². The molecular formula is C10H9BrN4O. The van der Waals surface area contributed by atoms with E-state index in [1.165, 1.54) is 0 Å². The van der Waals surface area contributed by atoms with Crippen molar-refractivity contribution in [3.8, 4) is 0 Å². The number of halogens is 1. The molecule has 2 aromatic heterocycles. The van der Waals surface area contributed by atoms with E-state index in [9.17, 15) is 4.79 Å². The average molecular weight is 281 g/mol. The van der Waals surface area contributed by atoms with Crippen molar-refractivity contribution in [2.24, 2.45) is 7.05 Å². The van der Waals surface area contributed by atoms with Crippen molar-refractivity contribution in [2.75, 3.05) is 5.32 Å². The Kier molecular flexibility index (Phi) is 3.00. The van der Waals surface area contributed by atoms with Crippen molar-refractivity contribution in [2.45, 2.75) is 0 Å². The number of aryl methyl sites for hydroxylation is 1. The standard InChI is InChI=1S/C10H9BrN4O/c1-15-6-7(11)9(14-15)10(16)13-8-4-2-3-5-12-8/h2-6H,1H3,(H,12,13,16). The molecular weight excluding hydrogens is 272 g/mol. The molecule has 1 amide bonds. The maximum absolute atomic E-state index is 11.8. The lowest BCUT2D eigenvalue weighted by atomic mass is 10.4. The summed E-state index contributed by atoms with van der Waals surface area (Å²) in [7, 11) is 1.75. The Morgan fingerprint density at radius 3 is 2.88 bits per heavy atom. The van der Waals surface area contributed by atoms with Crippen molar-refractivity contribution in [1.29, 1.82) is 0 Å². The summed E-state index contributed by atoms with van der Waals surface area (Å²) >= 11 is 3.27. The van der Waals surface area contributed by atoms with Gasteiger partial charge in [-0.15, -0.1) is 0 Å². The van der Waals surface area contributed by atoms with Gasteiger partial charge in [-0.3, -0.25) is 9.48 Å². The zero-order chi connectivity index (χ0) is 11.5. The van der Waals surface area contributed by atoms with Crippen LogP contribution in [-0.2, 0) is 7.05 Å². The quantitative estimate of drug-likeness (QED) is 0.913. The van der Waals surface area contributed by atoms with Gasteiger partial charge in [0, 0.05) is 19.4 Å². The SMILES string of the molecule is Cn1cc(Br)c(C(=O)Nc2ccccn2)n1. The molecule has 1 N–H and O–H groups in total. The number of pyridine rings is 1. The van der Waals surface area contributed by atoms with E-state index in [-0.39, 0.29) is 5.91 Å². The Balaban J connectivity index is 2.18. The minimum Gasteiger partial charge on any atom is -0.305 e. The third-order valence-electron chi connectivity index (χ3n) is 1.91. The first-order chi connectivity index (χ1) is 7.66. The van der Waals surface area contributed by atoms with Crippen molar-refractivity contribution >= 4 is 27.7 Å². The monoisotopic (exact) mass is 280 g/mol. The van der Waals surface area contributed by atoms with Gasteiger partial charge in [0.15, 0.2) is 5.69 Å². The fourth-order valence-corrected chi connectivity index (χ4v) is 1.78. The molecule has 0 aliphatic rings. The maximum Gasteiger partial charge on any atom is 0.278 e. The van der Waals surface area contributed by atoms with E-state index in [0.29, 0.717) is 16.0 Å². The van der Waals surface area contributed by atoms with Crippen LogP contribution in [0.3, 0.4) is 0 Å². The number of rotatable bonds is 2. The Morgan fingerprint density at radius 1 is 1.50 bits per heavy atom. The number of nitrogens with zero attached hydrogens (tertiary/aromatic N) is 3. The molecule has 0 unspecified atom stereocenters. The second-order valence-electron chi connectivity index (χ2n) is 3.17. The fourth-order valence-electron chi connectivity index (χ4n) is 1.23. The van der Waals surface area contributed by atoms with Crippen molar-refractivity contribution in [3.05, 3.63) is 40.8 Å². The molecule has 6 heteroatoms. The molecule has 2 rings (SSSR count). The highest BCUT2D eigenvalue weighted by Gasteiger charge is 2.14. The van der Waals surface area contributed by atoms with Gasteiger partial charge in [0.05, 0.1) is 4.47 Å². The van der Waals surface area contributed by atoms with E-state index in [4.69, 9.17) is 0 Å². The molecule has 0 aromatic carbocycles. The molecule has 0 saturated heterocycles. The van der Waals surface area contributed by atoms with Crippen molar-refractivity contribution < 1.29 is 4.79 Å². The largest absolute Gasteiger partial charge is 0.305 e. The predicted octanol–water partition coefficient (Wildman–Crippen LogP) is 1.83.